The molecule has 0 radical (unpaired) electrons. The molecule has 0 unspecified atom stereocenters. The van der Waals surface area contributed by atoms with Gasteiger partial charge in [-0.3, -0.25) is 4.98 Å². The highest BCUT2D eigenvalue weighted by molar-refractivity contribution is 5.83. The molecule has 0 aliphatic heterocycles. The topological polar surface area (TPSA) is 40.7 Å². The first kappa shape index (κ1) is 10.8. The molecule has 90 valence electrons. The monoisotopic (exact) mass is 237 g/mol. The maximum atomic E-state index is 4.14. The van der Waals surface area contributed by atoms with Gasteiger partial charge in [0, 0.05) is 29.8 Å². The van der Waals surface area contributed by atoms with Gasteiger partial charge >= 0.3 is 0 Å². The van der Waals surface area contributed by atoms with Crippen LogP contribution in [0.15, 0.2) is 48.9 Å². The lowest BCUT2D eigenvalue weighted by molar-refractivity contribution is 1.13. The van der Waals surface area contributed by atoms with Crippen LogP contribution in [-0.2, 0) is 6.54 Å². The smallest absolute Gasteiger partial charge is 0.0559 e. The van der Waals surface area contributed by atoms with E-state index in [0.29, 0.717) is 0 Å². The molecule has 2 N–H and O–H groups in total. The molecule has 18 heavy (non-hydrogen) atoms. The fraction of sp³-hybridized carbons (Fsp3) is 0.133. The molecule has 0 atom stereocenters. The van der Waals surface area contributed by atoms with E-state index in [1.807, 2.05) is 24.5 Å². The van der Waals surface area contributed by atoms with Crippen molar-refractivity contribution in [1.29, 1.82) is 0 Å². The highest BCUT2D eigenvalue weighted by Crippen LogP contribution is 2.19. The maximum absolute atomic E-state index is 4.14. The van der Waals surface area contributed by atoms with E-state index in [1.165, 1.54) is 22.0 Å². The van der Waals surface area contributed by atoms with Gasteiger partial charge in [0.2, 0.25) is 0 Å². The summed E-state index contributed by atoms with van der Waals surface area (Å²) < 4.78 is 0. The Bertz CT molecular complexity index is 670. The van der Waals surface area contributed by atoms with Crippen LogP contribution in [0.2, 0.25) is 0 Å². The number of benzene rings is 1. The average molecular weight is 237 g/mol. The van der Waals surface area contributed by atoms with Crippen LogP contribution in [0.4, 0.5) is 5.69 Å². The molecule has 0 aliphatic carbocycles. The zero-order valence-electron chi connectivity index (χ0n) is 10.3. The van der Waals surface area contributed by atoms with E-state index in [0.717, 1.165) is 12.2 Å². The second-order valence-electron chi connectivity index (χ2n) is 4.40. The Hall–Kier alpha value is -2.29. The van der Waals surface area contributed by atoms with Gasteiger partial charge in [0.25, 0.3) is 0 Å². The lowest BCUT2D eigenvalue weighted by Gasteiger charge is -2.07. The van der Waals surface area contributed by atoms with Gasteiger partial charge in [-0.05, 0) is 30.2 Å². The van der Waals surface area contributed by atoms with Crippen molar-refractivity contribution in [2.75, 3.05) is 5.32 Å². The summed E-state index contributed by atoms with van der Waals surface area (Å²) in [5, 5.41) is 4.69. The Balaban J connectivity index is 1.83. The van der Waals surface area contributed by atoms with E-state index >= 15 is 0 Å². The van der Waals surface area contributed by atoms with Crippen LogP contribution in [0.5, 0.6) is 0 Å². The zero-order valence-corrected chi connectivity index (χ0v) is 10.3. The molecule has 1 aromatic carbocycles. The van der Waals surface area contributed by atoms with E-state index in [9.17, 15) is 0 Å². The van der Waals surface area contributed by atoms with Gasteiger partial charge in [0.05, 0.1) is 11.9 Å². The number of aromatic nitrogens is 2. The number of hydrogen-bond acceptors (Lipinski definition) is 2. The zero-order chi connectivity index (χ0) is 12.4. The SMILES string of the molecule is Cc1ccncc1NCc1c[nH]c2ccccc12. The molecule has 0 amide bonds. The molecule has 3 aromatic rings. The van der Waals surface area contributed by atoms with Gasteiger partial charge in [0.15, 0.2) is 0 Å². The number of pyridine rings is 1. The Labute approximate surface area is 106 Å². The number of fused-ring (bicyclic) bond motifs is 1. The number of hydrogen-bond donors (Lipinski definition) is 2. The maximum Gasteiger partial charge on any atom is 0.0559 e. The fourth-order valence-corrected chi connectivity index (χ4v) is 2.12. The van der Waals surface area contributed by atoms with Gasteiger partial charge in [-0.15, -0.1) is 0 Å². The van der Waals surface area contributed by atoms with Crippen LogP contribution >= 0.6 is 0 Å². The Morgan fingerprint density at radius 1 is 1.22 bits per heavy atom. The van der Waals surface area contributed by atoms with Crippen LogP contribution in [0.1, 0.15) is 11.1 Å². The number of aryl methyl sites for hydroxylation is 1. The number of nitrogens with zero attached hydrogens (tertiary/aromatic N) is 1. The van der Waals surface area contributed by atoms with Crippen molar-refractivity contribution in [2.45, 2.75) is 13.5 Å². The first-order chi connectivity index (χ1) is 8.84. The van der Waals surface area contributed by atoms with E-state index in [2.05, 4.69) is 46.6 Å². The third kappa shape index (κ3) is 1.95. The minimum absolute atomic E-state index is 0.802. The molecule has 0 aliphatic rings. The van der Waals surface area contributed by atoms with Crippen molar-refractivity contribution >= 4 is 16.6 Å². The standard InChI is InChI=1S/C15H15N3/c1-11-6-7-16-10-15(11)18-9-12-8-17-14-5-3-2-4-13(12)14/h2-8,10,17-18H,9H2,1H3. The lowest BCUT2D eigenvalue weighted by Crippen LogP contribution is -2.00. The summed E-state index contributed by atoms with van der Waals surface area (Å²) in [6, 6.07) is 10.3. The van der Waals surface area contributed by atoms with Crippen LogP contribution in [-0.4, -0.2) is 9.97 Å². The molecule has 0 saturated heterocycles. The van der Waals surface area contributed by atoms with Crippen molar-refractivity contribution in [1.82, 2.24) is 9.97 Å². The number of aromatic amines is 1. The second-order valence-corrected chi connectivity index (χ2v) is 4.40. The van der Waals surface area contributed by atoms with Crippen LogP contribution in [0, 0.1) is 6.92 Å². The molecule has 0 bridgehead atoms. The van der Waals surface area contributed by atoms with Gasteiger partial charge in [-0.2, -0.15) is 0 Å². The summed E-state index contributed by atoms with van der Waals surface area (Å²) in [7, 11) is 0. The van der Waals surface area contributed by atoms with Gasteiger partial charge in [-0.1, -0.05) is 18.2 Å². The molecule has 0 spiro atoms. The minimum atomic E-state index is 0.802. The summed E-state index contributed by atoms with van der Waals surface area (Å²) in [5.41, 5.74) is 4.75. The fourth-order valence-electron chi connectivity index (χ4n) is 2.12. The van der Waals surface area contributed by atoms with Gasteiger partial charge < -0.3 is 10.3 Å². The first-order valence-electron chi connectivity index (χ1n) is 6.04. The van der Waals surface area contributed by atoms with E-state index < -0.39 is 0 Å². The van der Waals surface area contributed by atoms with E-state index in [-0.39, 0.29) is 0 Å². The summed E-state index contributed by atoms with van der Waals surface area (Å²) >= 11 is 0. The minimum Gasteiger partial charge on any atom is -0.379 e. The van der Waals surface area contributed by atoms with Crippen LogP contribution < -0.4 is 5.32 Å². The summed E-state index contributed by atoms with van der Waals surface area (Å²) in [6.45, 7) is 2.88. The number of rotatable bonds is 3. The van der Waals surface area contributed by atoms with Gasteiger partial charge in [-0.25, -0.2) is 0 Å². The lowest BCUT2D eigenvalue weighted by atomic mass is 10.1. The molecule has 0 saturated carbocycles. The quantitative estimate of drug-likeness (QED) is 0.732. The Kier molecular flexibility index (Phi) is 2.73. The summed E-state index contributed by atoms with van der Waals surface area (Å²) in [4.78, 5) is 7.42. The third-order valence-electron chi connectivity index (χ3n) is 3.18. The molecule has 0 fully saturated rings. The predicted octanol–water partition coefficient (Wildman–Crippen LogP) is 3.48. The van der Waals surface area contributed by atoms with Crippen molar-refractivity contribution in [3.05, 3.63) is 60.0 Å². The van der Waals surface area contributed by atoms with Crippen LogP contribution in [0.25, 0.3) is 10.9 Å². The van der Waals surface area contributed by atoms with E-state index in [4.69, 9.17) is 0 Å². The highest BCUT2D eigenvalue weighted by atomic mass is 14.9. The number of nitrogens with one attached hydrogen (secondary N) is 2. The summed E-state index contributed by atoms with van der Waals surface area (Å²) in [6.07, 6.45) is 5.74. The largest absolute Gasteiger partial charge is 0.379 e. The predicted molar refractivity (Wildman–Crippen MR) is 74.6 cm³/mol. The Morgan fingerprint density at radius 2 is 2.11 bits per heavy atom. The third-order valence-corrected chi connectivity index (χ3v) is 3.18. The van der Waals surface area contributed by atoms with Crippen molar-refractivity contribution < 1.29 is 0 Å². The van der Waals surface area contributed by atoms with Crippen molar-refractivity contribution in [2.24, 2.45) is 0 Å². The first-order valence-corrected chi connectivity index (χ1v) is 6.04. The molecule has 2 aromatic heterocycles. The number of anilines is 1. The van der Waals surface area contributed by atoms with Gasteiger partial charge in [0.1, 0.15) is 0 Å². The molecule has 2 heterocycles. The van der Waals surface area contributed by atoms with Crippen LogP contribution in [0.3, 0.4) is 0 Å². The van der Waals surface area contributed by atoms with Crippen molar-refractivity contribution in [3.8, 4) is 0 Å². The second kappa shape index (κ2) is 4.53. The number of H-pyrrole nitrogens is 1. The highest BCUT2D eigenvalue weighted by Gasteiger charge is 2.03. The Morgan fingerprint density at radius 3 is 3.00 bits per heavy atom. The molecule has 3 heteroatoms. The molecular formula is C15H15N3. The normalized spacial score (nSPS) is 10.7. The number of para-hydroxylation sites is 1. The van der Waals surface area contributed by atoms with E-state index in [1.54, 1.807) is 0 Å². The van der Waals surface area contributed by atoms with Crippen molar-refractivity contribution in [3.63, 3.8) is 0 Å². The molecule has 3 rings (SSSR count). The molecular weight excluding hydrogens is 222 g/mol. The molecule has 3 nitrogen and oxygen atoms in total. The summed E-state index contributed by atoms with van der Waals surface area (Å²) in [5.74, 6) is 0. The average Bonchev–Trinajstić information content (AvgIpc) is 2.81.